The van der Waals surface area contributed by atoms with E-state index in [0.717, 1.165) is 43.7 Å². The summed E-state index contributed by atoms with van der Waals surface area (Å²) >= 11 is 12.1. The fraction of sp³-hybridized carbons (Fsp3) is 0.462. The fourth-order valence-electron chi connectivity index (χ4n) is 4.87. The monoisotopic (exact) mass is 487 g/mol. The number of nitrogens with zero attached hydrogens (tertiary/aromatic N) is 1. The van der Waals surface area contributed by atoms with Gasteiger partial charge in [-0.15, -0.1) is 0 Å². The Labute approximate surface area is 205 Å². The van der Waals surface area contributed by atoms with Gasteiger partial charge in [0, 0.05) is 36.4 Å². The first-order valence-electron chi connectivity index (χ1n) is 11.9. The molecule has 0 aromatic heterocycles. The number of nitrogens with one attached hydrogen (secondary N) is 2. The van der Waals surface area contributed by atoms with Crippen molar-refractivity contribution in [2.24, 2.45) is 5.92 Å². The molecular formula is C26H31Cl2N3O2. The zero-order chi connectivity index (χ0) is 23.2. The second kappa shape index (κ2) is 11.3. The van der Waals surface area contributed by atoms with Gasteiger partial charge in [-0.05, 0) is 61.9 Å². The molecule has 2 N–H and O–H groups in total. The largest absolute Gasteiger partial charge is 0.371 e. The van der Waals surface area contributed by atoms with Crippen LogP contribution in [-0.4, -0.2) is 37.5 Å². The number of anilines is 1. The summed E-state index contributed by atoms with van der Waals surface area (Å²) in [5.74, 6) is 0.421. The Morgan fingerprint density at radius 1 is 0.879 bits per heavy atom. The van der Waals surface area contributed by atoms with Crippen molar-refractivity contribution in [1.82, 2.24) is 10.6 Å². The molecule has 0 atom stereocenters. The first kappa shape index (κ1) is 23.9. The van der Waals surface area contributed by atoms with Crippen LogP contribution in [0.15, 0.2) is 42.5 Å². The Kier molecular flexibility index (Phi) is 8.15. The van der Waals surface area contributed by atoms with E-state index < -0.39 is 0 Å². The van der Waals surface area contributed by atoms with Crippen molar-refractivity contribution in [2.75, 3.05) is 24.5 Å². The Morgan fingerprint density at radius 2 is 1.61 bits per heavy atom. The number of halogens is 2. The smallest absolute Gasteiger partial charge is 0.253 e. The summed E-state index contributed by atoms with van der Waals surface area (Å²) in [6, 6.07) is 12.8. The molecule has 0 radical (unpaired) electrons. The van der Waals surface area contributed by atoms with E-state index in [2.05, 4.69) is 15.5 Å². The number of hydrogen-bond donors (Lipinski definition) is 2. The summed E-state index contributed by atoms with van der Waals surface area (Å²) < 4.78 is 0. The number of amides is 2. The molecule has 33 heavy (non-hydrogen) atoms. The van der Waals surface area contributed by atoms with Crippen molar-refractivity contribution >= 4 is 40.7 Å². The van der Waals surface area contributed by atoms with E-state index in [-0.39, 0.29) is 17.9 Å². The van der Waals surface area contributed by atoms with E-state index in [1.165, 1.54) is 32.1 Å². The number of benzene rings is 2. The summed E-state index contributed by atoms with van der Waals surface area (Å²) in [7, 11) is 0. The molecule has 1 saturated carbocycles. The van der Waals surface area contributed by atoms with Crippen molar-refractivity contribution in [2.45, 2.75) is 51.0 Å². The number of para-hydroxylation sites is 1. The highest BCUT2D eigenvalue weighted by molar-refractivity contribution is 6.36. The molecule has 0 unspecified atom stereocenters. The third-order valence-corrected chi connectivity index (χ3v) is 7.32. The highest BCUT2D eigenvalue weighted by atomic mass is 35.5. The Hall–Kier alpha value is -2.24. The summed E-state index contributed by atoms with van der Waals surface area (Å²) in [4.78, 5) is 27.8. The van der Waals surface area contributed by atoms with Crippen molar-refractivity contribution in [3.63, 3.8) is 0 Å². The maximum atomic E-state index is 13.0. The van der Waals surface area contributed by atoms with Gasteiger partial charge in [-0.25, -0.2) is 0 Å². The van der Waals surface area contributed by atoms with Crippen LogP contribution >= 0.6 is 23.2 Å². The predicted octanol–water partition coefficient (Wildman–Crippen LogP) is 5.70. The molecule has 5 nitrogen and oxygen atoms in total. The molecule has 0 bridgehead atoms. The Morgan fingerprint density at radius 3 is 2.33 bits per heavy atom. The van der Waals surface area contributed by atoms with Gasteiger partial charge in [-0.3, -0.25) is 9.59 Å². The first-order valence-corrected chi connectivity index (χ1v) is 12.6. The maximum Gasteiger partial charge on any atom is 0.253 e. The number of rotatable bonds is 6. The lowest BCUT2D eigenvalue weighted by Gasteiger charge is -2.35. The van der Waals surface area contributed by atoms with Crippen LogP contribution < -0.4 is 15.5 Å². The molecule has 2 aromatic carbocycles. The van der Waals surface area contributed by atoms with Crippen molar-refractivity contribution in [3.05, 3.63) is 63.6 Å². The van der Waals surface area contributed by atoms with Gasteiger partial charge in [-0.1, -0.05) is 54.6 Å². The molecule has 176 valence electrons. The van der Waals surface area contributed by atoms with Crippen LogP contribution in [0.2, 0.25) is 10.0 Å². The SMILES string of the molecule is O=C(NC1CCN(c2ccccc2C(=O)NCC2CCCCC2)CC1)c1ccc(Cl)cc1Cl. The lowest BCUT2D eigenvalue weighted by Crippen LogP contribution is -2.45. The van der Waals surface area contributed by atoms with Crippen LogP contribution in [0, 0.1) is 5.92 Å². The molecule has 0 spiro atoms. The molecule has 1 aliphatic carbocycles. The topological polar surface area (TPSA) is 61.4 Å². The van der Waals surface area contributed by atoms with Gasteiger partial charge in [0.25, 0.3) is 11.8 Å². The molecule has 7 heteroatoms. The van der Waals surface area contributed by atoms with E-state index in [0.29, 0.717) is 21.5 Å². The number of hydrogen-bond acceptors (Lipinski definition) is 3. The van der Waals surface area contributed by atoms with E-state index in [4.69, 9.17) is 23.2 Å². The summed E-state index contributed by atoms with van der Waals surface area (Å²) in [6.45, 7) is 2.30. The van der Waals surface area contributed by atoms with Crippen molar-refractivity contribution in [3.8, 4) is 0 Å². The second-order valence-corrected chi connectivity index (χ2v) is 9.93. The highest BCUT2D eigenvalue weighted by Crippen LogP contribution is 2.26. The van der Waals surface area contributed by atoms with Crippen LogP contribution in [0.5, 0.6) is 0 Å². The maximum absolute atomic E-state index is 13.0. The fourth-order valence-corrected chi connectivity index (χ4v) is 5.36. The summed E-state index contributed by atoms with van der Waals surface area (Å²) in [5.41, 5.74) is 2.12. The number of piperidine rings is 1. The predicted molar refractivity (Wildman–Crippen MR) is 135 cm³/mol. The lowest BCUT2D eigenvalue weighted by atomic mass is 9.89. The van der Waals surface area contributed by atoms with Gasteiger partial charge >= 0.3 is 0 Å². The van der Waals surface area contributed by atoms with E-state index in [1.807, 2.05) is 24.3 Å². The van der Waals surface area contributed by atoms with E-state index in [9.17, 15) is 9.59 Å². The van der Waals surface area contributed by atoms with Gasteiger partial charge in [0.1, 0.15) is 0 Å². The molecule has 4 rings (SSSR count). The molecule has 2 amide bonds. The molecular weight excluding hydrogens is 457 g/mol. The standard InChI is InChI=1S/C26H31Cl2N3O2/c27-19-10-11-21(23(28)16-19)26(33)30-20-12-14-31(15-13-20)24-9-5-4-8-22(24)25(32)29-17-18-6-2-1-3-7-18/h4-5,8-11,16,18,20H,1-3,6-7,12-15,17H2,(H,29,32)(H,30,33). The zero-order valence-electron chi connectivity index (χ0n) is 18.8. The normalized spacial score (nSPS) is 17.6. The van der Waals surface area contributed by atoms with Gasteiger partial charge in [0.15, 0.2) is 0 Å². The van der Waals surface area contributed by atoms with Gasteiger partial charge in [0.05, 0.1) is 16.1 Å². The lowest BCUT2D eigenvalue weighted by molar-refractivity contribution is 0.0929. The third-order valence-electron chi connectivity index (χ3n) is 6.77. The van der Waals surface area contributed by atoms with E-state index in [1.54, 1.807) is 18.2 Å². The third kappa shape index (κ3) is 6.21. The average molecular weight is 488 g/mol. The molecule has 2 aliphatic rings. The van der Waals surface area contributed by atoms with Crippen LogP contribution in [0.3, 0.4) is 0 Å². The van der Waals surface area contributed by atoms with Crippen molar-refractivity contribution < 1.29 is 9.59 Å². The minimum atomic E-state index is -0.183. The average Bonchev–Trinajstić information content (AvgIpc) is 2.83. The Balaban J connectivity index is 1.33. The number of carbonyl (C=O) groups excluding carboxylic acids is 2. The second-order valence-electron chi connectivity index (χ2n) is 9.09. The Bertz CT molecular complexity index is 983. The molecule has 1 saturated heterocycles. The van der Waals surface area contributed by atoms with Crippen molar-refractivity contribution in [1.29, 1.82) is 0 Å². The molecule has 2 aromatic rings. The van der Waals surface area contributed by atoms with Crippen LogP contribution in [-0.2, 0) is 0 Å². The molecule has 1 heterocycles. The number of carbonyl (C=O) groups is 2. The van der Waals surface area contributed by atoms with Crippen LogP contribution in [0.4, 0.5) is 5.69 Å². The van der Waals surface area contributed by atoms with Crippen LogP contribution in [0.25, 0.3) is 0 Å². The first-order chi connectivity index (χ1) is 16.0. The summed E-state index contributed by atoms with van der Waals surface area (Å²) in [5, 5.41) is 7.11. The quantitative estimate of drug-likeness (QED) is 0.548. The highest BCUT2D eigenvalue weighted by Gasteiger charge is 2.25. The minimum Gasteiger partial charge on any atom is -0.371 e. The van der Waals surface area contributed by atoms with Gasteiger partial charge < -0.3 is 15.5 Å². The molecule has 2 fully saturated rings. The summed E-state index contributed by atoms with van der Waals surface area (Å²) in [6.07, 6.45) is 7.88. The zero-order valence-corrected chi connectivity index (χ0v) is 20.3. The van der Waals surface area contributed by atoms with Gasteiger partial charge in [-0.2, -0.15) is 0 Å². The van der Waals surface area contributed by atoms with E-state index >= 15 is 0 Å². The van der Waals surface area contributed by atoms with Crippen LogP contribution in [0.1, 0.15) is 65.7 Å². The molecule has 1 aliphatic heterocycles. The minimum absolute atomic E-state index is 0.00369. The van der Waals surface area contributed by atoms with Gasteiger partial charge in [0.2, 0.25) is 0 Å².